The number of nitrogen functional groups attached to an aromatic ring is 1. The number of aliphatic hydroxyl groups is 1. The Morgan fingerprint density at radius 3 is 2.86 bits per heavy atom. The molecule has 118 valence electrons. The molecule has 0 spiro atoms. The van der Waals surface area contributed by atoms with E-state index in [0.29, 0.717) is 5.65 Å². The van der Waals surface area contributed by atoms with Gasteiger partial charge in [-0.3, -0.25) is 0 Å². The molecule has 2 aliphatic rings. The number of fused-ring (bicyclic) bond motifs is 2. The van der Waals surface area contributed by atoms with Gasteiger partial charge in [-0.05, 0) is 13.8 Å². The summed E-state index contributed by atoms with van der Waals surface area (Å²) in [6.45, 7) is 3.54. The van der Waals surface area contributed by atoms with E-state index in [2.05, 4.69) is 15.1 Å². The van der Waals surface area contributed by atoms with Crippen LogP contribution in [0.2, 0.25) is 0 Å². The van der Waals surface area contributed by atoms with E-state index in [1.165, 1.54) is 10.8 Å². The SMILES string of the molecule is CC1(C)O[C@@H]2[C@H](O1)[C@@H](CO)O[C@H]2c1cnn2c(N)ncnc12. The summed E-state index contributed by atoms with van der Waals surface area (Å²) in [7, 11) is 0. The van der Waals surface area contributed by atoms with Gasteiger partial charge in [0.05, 0.1) is 12.8 Å². The van der Waals surface area contributed by atoms with E-state index in [9.17, 15) is 5.11 Å². The van der Waals surface area contributed by atoms with Crippen molar-refractivity contribution in [2.24, 2.45) is 0 Å². The van der Waals surface area contributed by atoms with Crippen LogP contribution < -0.4 is 5.73 Å². The molecule has 4 heterocycles. The fourth-order valence-corrected chi connectivity index (χ4v) is 3.13. The Balaban J connectivity index is 1.77. The highest BCUT2D eigenvalue weighted by Gasteiger charge is 2.55. The van der Waals surface area contributed by atoms with Gasteiger partial charge in [0, 0.05) is 5.56 Å². The number of aliphatic hydroxyl groups excluding tert-OH is 1. The highest BCUT2D eigenvalue weighted by atomic mass is 16.8. The Hall–Kier alpha value is -1.81. The van der Waals surface area contributed by atoms with E-state index in [1.807, 2.05) is 13.8 Å². The second-order valence-corrected chi connectivity index (χ2v) is 5.91. The molecule has 9 heteroatoms. The molecule has 4 atom stereocenters. The fraction of sp³-hybridized carbons (Fsp3) is 0.615. The predicted molar refractivity (Wildman–Crippen MR) is 73.7 cm³/mol. The van der Waals surface area contributed by atoms with Crippen molar-refractivity contribution in [3.63, 3.8) is 0 Å². The molecule has 2 saturated heterocycles. The van der Waals surface area contributed by atoms with Crippen LogP contribution in [0.5, 0.6) is 0 Å². The van der Waals surface area contributed by atoms with Gasteiger partial charge in [0.15, 0.2) is 11.4 Å². The van der Waals surface area contributed by atoms with Crippen LogP contribution in [0, 0.1) is 0 Å². The minimum Gasteiger partial charge on any atom is -0.394 e. The number of ether oxygens (including phenoxy) is 3. The van der Waals surface area contributed by atoms with Crippen LogP contribution in [0.15, 0.2) is 12.5 Å². The summed E-state index contributed by atoms with van der Waals surface area (Å²) < 4.78 is 19.2. The van der Waals surface area contributed by atoms with Crippen LogP contribution in [-0.2, 0) is 14.2 Å². The second kappa shape index (κ2) is 4.59. The van der Waals surface area contributed by atoms with Gasteiger partial charge in [0.1, 0.15) is 30.7 Å². The molecule has 22 heavy (non-hydrogen) atoms. The van der Waals surface area contributed by atoms with Gasteiger partial charge in [-0.25, -0.2) is 9.97 Å². The van der Waals surface area contributed by atoms with E-state index in [0.717, 1.165) is 5.56 Å². The van der Waals surface area contributed by atoms with Gasteiger partial charge in [-0.1, -0.05) is 0 Å². The normalized spacial score (nSPS) is 33.4. The first-order valence-corrected chi connectivity index (χ1v) is 7.06. The molecule has 2 aromatic heterocycles. The predicted octanol–water partition coefficient (Wildman–Crippen LogP) is -0.341. The number of hydrogen-bond donors (Lipinski definition) is 2. The average molecular weight is 307 g/mol. The van der Waals surface area contributed by atoms with Crippen molar-refractivity contribution in [1.29, 1.82) is 0 Å². The van der Waals surface area contributed by atoms with Crippen LogP contribution in [0.4, 0.5) is 5.95 Å². The van der Waals surface area contributed by atoms with Crippen molar-refractivity contribution < 1.29 is 19.3 Å². The van der Waals surface area contributed by atoms with Gasteiger partial charge in [-0.2, -0.15) is 9.61 Å². The molecule has 2 aliphatic heterocycles. The molecular formula is C13H17N5O4. The van der Waals surface area contributed by atoms with Gasteiger partial charge in [0.25, 0.3) is 0 Å². The number of aromatic nitrogens is 4. The van der Waals surface area contributed by atoms with E-state index in [1.54, 1.807) is 6.20 Å². The maximum atomic E-state index is 9.53. The van der Waals surface area contributed by atoms with Crippen molar-refractivity contribution in [3.8, 4) is 0 Å². The van der Waals surface area contributed by atoms with Crippen LogP contribution >= 0.6 is 0 Å². The van der Waals surface area contributed by atoms with Gasteiger partial charge in [-0.15, -0.1) is 0 Å². The van der Waals surface area contributed by atoms with E-state index in [-0.39, 0.29) is 24.8 Å². The average Bonchev–Trinajstić information content (AvgIpc) is 3.10. The van der Waals surface area contributed by atoms with Crippen molar-refractivity contribution >= 4 is 11.6 Å². The lowest BCUT2D eigenvalue weighted by Gasteiger charge is -2.23. The van der Waals surface area contributed by atoms with Crippen LogP contribution in [0.3, 0.4) is 0 Å². The maximum absolute atomic E-state index is 9.53. The number of nitrogens with zero attached hydrogens (tertiary/aromatic N) is 4. The molecule has 2 aromatic rings. The molecular weight excluding hydrogens is 290 g/mol. The smallest absolute Gasteiger partial charge is 0.224 e. The second-order valence-electron chi connectivity index (χ2n) is 5.91. The fourth-order valence-electron chi connectivity index (χ4n) is 3.13. The largest absolute Gasteiger partial charge is 0.394 e. The van der Waals surface area contributed by atoms with Gasteiger partial charge >= 0.3 is 0 Å². The standard InChI is InChI=1S/C13H17N5O4/c1-13(2)21-9-7(4-19)20-8(10(9)22-13)6-3-17-18-11(6)15-5-16-12(18)14/h3,5,7-10,19H,4H2,1-2H3,(H2,14,15,16)/t7-,8+,9-,10+/m1/s1. The molecule has 0 aliphatic carbocycles. The topological polar surface area (TPSA) is 117 Å². The van der Waals surface area contributed by atoms with Crippen molar-refractivity contribution in [1.82, 2.24) is 19.6 Å². The van der Waals surface area contributed by atoms with Gasteiger partial charge in [0.2, 0.25) is 5.95 Å². The highest BCUT2D eigenvalue weighted by molar-refractivity contribution is 5.51. The van der Waals surface area contributed by atoms with E-state index in [4.69, 9.17) is 19.9 Å². The summed E-state index contributed by atoms with van der Waals surface area (Å²) in [5.74, 6) is -0.477. The summed E-state index contributed by atoms with van der Waals surface area (Å²) in [5.41, 5.74) is 7.08. The minimum absolute atomic E-state index is 0.145. The first kappa shape index (κ1) is 13.8. The molecule has 0 bridgehead atoms. The summed E-state index contributed by atoms with van der Waals surface area (Å²) in [6.07, 6.45) is 1.45. The molecule has 4 rings (SSSR count). The van der Waals surface area contributed by atoms with E-state index < -0.39 is 18.0 Å². The molecule has 3 N–H and O–H groups in total. The van der Waals surface area contributed by atoms with Crippen LogP contribution in [0.1, 0.15) is 25.5 Å². The molecule has 9 nitrogen and oxygen atoms in total. The summed E-state index contributed by atoms with van der Waals surface area (Å²) in [4.78, 5) is 8.12. The molecule has 0 unspecified atom stereocenters. The number of rotatable bonds is 2. The number of nitrogens with two attached hydrogens (primary N) is 1. The molecule has 2 fully saturated rings. The third-order valence-corrected chi connectivity index (χ3v) is 3.99. The number of anilines is 1. The Labute approximate surface area is 126 Å². The van der Waals surface area contributed by atoms with Crippen LogP contribution in [0.25, 0.3) is 5.65 Å². The third-order valence-electron chi connectivity index (χ3n) is 3.99. The van der Waals surface area contributed by atoms with E-state index >= 15 is 0 Å². The van der Waals surface area contributed by atoms with Crippen molar-refractivity contribution in [2.75, 3.05) is 12.3 Å². The summed E-state index contributed by atoms with van der Waals surface area (Å²) in [6, 6.07) is 0. The number of hydrogen-bond acceptors (Lipinski definition) is 8. The third kappa shape index (κ3) is 1.90. The molecule has 0 radical (unpaired) electrons. The zero-order valence-electron chi connectivity index (χ0n) is 12.2. The summed E-state index contributed by atoms with van der Waals surface area (Å²) in [5, 5.41) is 13.7. The Kier molecular flexibility index (Phi) is 2.89. The van der Waals surface area contributed by atoms with Crippen molar-refractivity contribution in [2.45, 2.75) is 44.1 Å². The van der Waals surface area contributed by atoms with Crippen molar-refractivity contribution in [3.05, 3.63) is 18.1 Å². The minimum atomic E-state index is -0.720. The van der Waals surface area contributed by atoms with Crippen LogP contribution in [-0.4, -0.2) is 55.4 Å². The van der Waals surface area contributed by atoms with Gasteiger partial charge < -0.3 is 25.1 Å². The first-order valence-electron chi connectivity index (χ1n) is 7.06. The molecule has 0 aromatic carbocycles. The Bertz CT molecular complexity index is 718. The molecule has 0 amide bonds. The monoisotopic (exact) mass is 307 g/mol. The Morgan fingerprint density at radius 1 is 1.32 bits per heavy atom. The zero-order valence-corrected chi connectivity index (χ0v) is 12.2. The highest BCUT2D eigenvalue weighted by Crippen LogP contribution is 2.45. The molecule has 0 saturated carbocycles. The zero-order chi connectivity index (χ0) is 15.5. The summed E-state index contributed by atoms with van der Waals surface area (Å²) >= 11 is 0. The quantitative estimate of drug-likeness (QED) is 0.774. The lowest BCUT2D eigenvalue weighted by atomic mass is 10.0. The lowest BCUT2D eigenvalue weighted by Crippen LogP contribution is -2.31. The lowest BCUT2D eigenvalue weighted by molar-refractivity contribution is -0.190. The Morgan fingerprint density at radius 2 is 2.09 bits per heavy atom. The maximum Gasteiger partial charge on any atom is 0.224 e. The first-order chi connectivity index (χ1) is 10.5.